The van der Waals surface area contributed by atoms with E-state index in [1.165, 1.54) is 37.8 Å². The van der Waals surface area contributed by atoms with Gasteiger partial charge < -0.3 is 5.32 Å². The number of nitrogens with one attached hydrogen (secondary N) is 2. The van der Waals surface area contributed by atoms with Gasteiger partial charge in [-0.1, -0.05) is 26.2 Å². The maximum absolute atomic E-state index is 3.94. The molecule has 15 heavy (non-hydrogen) atoms. The van der Waals surface area contributed by atoms with Crippen LogP contribution in [0, 0.1) is 5.41 Å². The van der Waals surface area contributed by atoms with Crippen LogP contribution < -0.4 is 5.32 Å². The summed E-state index contributed by atoms with van der Waals surface area (Å²) in [6.45, 7) is 4.45. The second-order valence-corrected chi connectivity index (χ2v) is 5.06. The fourth-order valence-corrected chi connectivity index (χ4v) is 2.46. The molecule has 0 bridgehead atoms. The molecular weight excluding hydrogens is 186 g/mol. The van der Waals surface area contributed by atoms with Gasteiger partial charge >= 0.3 is 0 Å². The van der Waals surface area contributed by atoms with Gasteiger partial charge in [-0.15, -0.1) is 0 Å². The van der Waals surface area contributed by atoms with Crippen molar-refractivity contribution in [1.29, 1.82) is 0 Å². The first-order valence-electron chi connectivity index (χ1n) is 5.98. The summed E-state index contributed by atoms with van der Waals surface area (Å²) >= 11 is 0. The summed E-state index contributed by atoms with van der Waals surface area (Å²) in [4.78, 5) is 0. The van der Waals surface area contributed by atoms with E-state index < -0.39 is 0 Å². The lowest BCUT2D eigenvalue weighted by molar-refractivity contribution is 0.207. The Morgan fingerprint density at radius 1 is 1.40 bits per heavy atom. The second-order valence-electron chi connectivity index (χ2n) is 5.06. The zero-order valence-corrected chi connectivity index (χ0v) is 9.55. The molecule has 1 fully saturated rings. The van der Waals surface area contributed by atoms with E-state index in [2.05, 4.69) is 22.4 Å². The highest BCUT2D eigenvalue weighted by molar-refractivity contribution is 4.96. The first-order chi connectivity index (χ1) is 7.29. The fourth-order valence-electron chi connectivity index (χ4n) is 2.46. The zero-order chi connectivity index (χ0) is 10.6. The number of aromatic amines is 1. The van der Waals surface area contributed by atoms with Crippen LogP contribution in [0.4, 0.5) is 0 Å². The molecule has 2 N–H and O–H groups in total. The van der Waals surface area contributed by atoms with Gasteiger partial charge in [-0.25, -0.2) is 0 Å². The number of rotatable bonds is 4. The highest BCUT2D eigenvalue weighted by atomic mass is 15.1. The number of aromatic nitrogens is 2. The molecule has 0 atom stereocenters. The minimum absolute atomic E-state index is 0.526. The molecule has 3 heteroatoms. The van der Waals surface area contributed by atoms with Crippen LogP contribution in [0.1, 0.15) is 44.7 Å². The molecule has 3 nitrogen and oxygen atoms in total. The van der Waals surface area contributed by atoms with E-state index in [9.17, 15) is 0 Å². The van der Waals surface area contributed by atoms with Crippen LogP contribution in [0.3, 0.4) is 0 Å². The topological polar surface area (TPSA) is 40.7 Å². The molecule has 1 aromatic rings. The summed E-state index contributed by atoms with van der Waals surface area (Å²) in [5.41, 5.74) is 1.70. The third-order valence-electron chi connectivity index (χ3n) is 3.49. The maximum Gasteiger partial charge on any atom is 0.0490 e. The molecule has 0 amide bonds. The lowest BCUT2D eigenvalue weighted by Gasteiger charge is -2.33. The van der Waals surface area contributed by atoms with Crippen LogP contribution in [-0.2, 0) is 6.54 Å². The number of nitrogens with zero attached hydrogens (tertiary/aromatic N) is 1. The van der Waals surface area contributed by atoms with Crippen LogP contribution >= 0.6 is 0 Å². The predicted octanol–water partition coefficient (Wildman–Crippen LogP) is 2.47. The van der Waals surface area contributed by atoms with E-state index in [1.807, 2.05) is 6.07 Å². The van der Waals surface area contributed by atoms with Crippen molar-refractivity contribution in [2.75, 3.05) is 6.54 Å². The first kappa shape index (κ1) is 10.7. The molecular formula is C12H21N3. The molecule has 0 aliphatic heterocycles. The first-order valence-corrected chi connectivity index (χ1v) is 5.98. The van der Waals surface area contributed by atoms with Gasteiger partial charge in [0, 0.05) is 25.0 Å². The summed E-state index contributed by atoms with van der Waals surface area (Å²) < 4.78 is 0. The third-order valence-corrected chi connectivity index (χ3v) is 3.49. The van der Waals surface area contributed by atoms with E-state index in [4.69, 9.17) is 0 Å². The summed E-state index contributed by atoms with van der Waals surface area (Å²) in [7, 11) is 0. The SMILES string of the molecule is CC1(CNCc2ccn[nH]2)CCCCC1. The largest absolute Gasteiger partial charge is 0.311 e. The van der Waals surface area contributed by atoms with Crippen LogP contribution in [0.15, 0.2) is 12.3 Å². The van der Waals surface area contributed by atoms with Crippen molar-refractivity contribution in [1.82, 2.24) is 15.5 Å². The molecule has 1 heterocycles. The average molecular weight is 207 g/mol. The smallest absolute Gasteiger partial charge is 0.0490 e. The molecule has 1 aromatic heterocycles. The van der Waals surface area contributed by atoms with Gasteiger partial charge in [-0.2, -0.15) is 5.10 Å². The minimum Gasteiger partial charge on any atom is -0.311 e. The minimum atomic E-state index is 0.526. The van der Waals surface area contributed by atoms with E-state index >= 15 is 0 Å². The molecule has 0 unspecified atom stereocenters. The van der Waals surface area contributed by atoms with Crippen LogP contribution in [0.2, 0.25) is 0 Å². The summed E-state index contributed by atoms with van der Waals surface area (Å²) in [6.07, 6.45) is 8.80. The normalized spacial score (nSPS) is 20.3. The molecule has 1 aliphatic rings. The Balaban J connectivity index is 1.72. The Bertz CT molecular complexity index is 273. The molecule has 0 saturated heterocycles. The lowest BCUT2D eigenvalue weighted by Crippen LogP contribution is -2.33. The maximum atomic E-state index is 3.94. The molecule has 1 aliphatic carbocycles. The molecule has 0 spiro atoms. The average Bonchev–Trinajstić information content (AvgIpc) is 2.71. The molecule has 2 rings (SSSR count). The molecule has 0 radical (unpaired) electrons. The summed E-state index contributed by atoms with van der Waals surface area (Å²) in [5.74, 6) is 0. The Morgan fingerprint density at radius 2 is 2.20 bits per heavy atom. The molecule has 1 saturated carbocycles. The van der Waals surface area contributed by atoms with Gasteiger partial charge in [0.2, 0.25) is 0 Å². The predicted molar refractivity (Wildman–Crippen MR) is 61.5 cm³/mol. The Kier molecular flexibility index (Phi) is 3.41. The monoisotopic (exact) mass is 207 g/mol. The van der Waals surface area contributed by atoms with Crippen molar-refractivity contribution in [3.8, 4) is 0 Å². The second kappa shape index (κ2) is 4.79. The standard InChI is InChI=1S/C12H21N3/c1-12(6-3-2-4-7-12)10-13-9-11-5-8-14-15-11/h5,8,13H,2-4,6-7,9-10H2,1H3,(H,14,15). The van der Waals surface area contributed by atoms with Crippen molar-refractivity contribution in [2.45, 2.75) is 45.6 Å². The van der Waals surface area contributed by atoms with Crippen molar-refractivity contribution in [3.63, 3.8) is 0 Å². The van der Waals surface area contributed by atoms with Crippen LogP contribution in [-0.4, -0.2) is 16.7 Å². The Morgan fingerprint density at radius 3 is 2.87 bits per heavy atom. The highest BCUT2D eigenvalue weighted by Crippen LogP contribution is 2.34. The zero-order valence-electron chi connectivity index (χ0n) is 9.55. The van der Waals surface area contributed by atoms with Crippen LogP contribution in [0.25, 0.3) is 0 Å². The Hall–Kier alpha value is -0.830. The van der Waals surface area contributed by atoms with E-state index in [0.29, 0.717) is 5.41 Å². The highest BCUT2D eigenvalue weighted by Gasteiger charge is 2.25. The van der Waals surface area contributed by atoms with Gasteiger partial charge in [0.05, 0.1) is 0 Å². The van der Waals surface area contributed by atoms with E-state index in [0.717, 1.165) is 13.1 Å². The van der Waals surface area contributed by atoms with Gasteiger partial charge in [-0.05, 0) is 24.3 Å². The number of H-pyrrole nitrogens is 1. The van der Waals surface area contributed by atoms with Crippen LogP contribution in [0.5, 0.6) is 0 Å². The summed E-state index contributed by atoms with van der Waals surface area (Å²) in [6, 6.07) is 2.02. The Labute approximate surface area is 91.7 Å². The van der Waals surface area contributed by atoms with E-state index in [1.54, 1.807) is 6.20 Å². The van der Waals surface area contributed by atoms with Crippen molar-refractivity contribution in [3.05, 3.63) is 18.0 Å². The number of hydrogen-bond donors (Lipinski definition) is 2. The number of hydrogen-bond acceptors (Lipinski definition) is 2. The molecule has 0 aromatic carbocycles. The van der Waals surface area contributed by atoms with Gasteiger partial charge in [0.1, 0.15) is 0 Å². The fraction of sp³-hybridized carbons (Fsp3) is 0.750. The van der Waals surface area contributed by atoms with Gasteiger partial charge in [0.15, 0.2) is 0 Å². The van der Waals surface area contributed by atoms with Gasteiger partial charge in [0.25, 0.3) is 0 Å². The quantitative estimate of drug-likeness (QED) is 0.796. The van der Waals surface area contributed by atoms with Crippen molar-refractivity contribution >= 4 is 0 Å². The third kappa shape index (κ3) is 3.06. The van der Waals surface area contributed by atoms with E-state index in [-0.39, 0.29) is 0 Å². The summed E-state index contributed by atoms with van der Waals surface area (Å²) in [5, 5.41) is 10.4. The lowest BCUT2D eigenvalue weighted by atomic mass is 9.76. The van der Waals surface area contributed by atoms with Gasteiger partial charge in [-0.3, -0.25) is 5.10 Å². The van der Waals surface area contributed by atoms with Crippen molar-refractivity contribution in [2.24, 2.45) is 5.41 Å². The van der Waals surface area contributed by atoms with Crippen molar-refractivity contribution < 1.29 is 0 Å². The molecule has 84 valence electrons.